The molecule has 1 unspecified atom stereocenters. The van der Waals surface area contributed by atoms with Crippen molar-refractivity contribution in [3.05, 3.63) is 0 Å². The lowest BCUT2D eigenvalue weighted by atomic mass is 9.81. The van der Waals surface area contributed by atoms with Crippen LogP contribution in [0.4, 0.5) is 0 Å². The maximum atomic E-state index is 9.50. The zero-order chi connectivity index (χ0) is 12.4. The van der Waals surface area contributed by atoms with E-state index >= 15 is 0 Å². The Morgan fingerprint density at radius 3 is 2.12 bits per heavy atom. The highest BCUT2D eigenvalue weighted by Crippen LogP contribution is 2.30. The number of hydrogen-bond donors (Lipinski definition) is 1. The zero-order valence-corrected chi connectivity index (χ0v) is 11.9. The summed E-state index contributed by atoms with van der Waals surface area (Å²) in [5, 5.41) is 9.50. The molecule has 1 N–H and O–H groups in total. The summed E-state index contributed by atoms with van der Waals surface area (Å²) in [6.07, 6.45) is 11.0. The number of aliphatic hydroxyl groups excluding tert-OH is 1. The van der Waals surface area contributed by atoms with Crippen molar-refractivity contribution in [1.82, 2.24) is 0 Å². The summed E-state index contributed by atoms with van der Waals surface area (Å²) >= 11 is 0. The molecular weight excluding hydrogens is 196 g/mol. The number of unbranched alkanes of at least 4 members (excludes halogenated alkanes) is 3. The van der Waals surface area contributed by atoms with Crippen LogP contribution in [0, 0.1) is 5.41 Å². The SMILES string of the molecule is CCCCCCC(C)(C)CCCC(O)CC. The van der Waals surface area contributed by atoms with Gasteiger partial charge in [0.1, 0.15) is 0 Å². The molecule has 0 saturated carbocycles. The van der Waals surface area contributed by atoms with Crippen molar-refractivity contribution in [3.8, 4) is 0 Å². The van der Waals surface area contributed by atoms with Crippen LogP contribution in [0.1, 0.15) is 85.5 Å². The van der Waals surface area contributed by atoms with Crippen LogP contribution in [0.5, 0.6) is 0 Å². The third kappa shape index (κ3) is 9.21. The van der Waals surface area contributed by atoms with Gasteiger partial charge in [-0.3, -0.25) is 0 Å². The van der Waals surface area contributed by atoms with Gasteiger partial charge in [0.15, 0.2) is 0 Å². The molecule has 98 valence electrons. The molecule has 16 heavy (non-hydrogen) atoms. The first kappa shape index (κ1) is 16.0. The monoisotopic (exact) mass is 228 g/mol. The van der Waals surface area contributed by atoms with E-state index in [4.69, 9.17) is 0 Å². The Labute approximate surface area is 103 Å². The standard InChI is InChI=1S/C15H32O/c1-5-7-8-9-12-15(3,4)13-10-11-14(16)6-2/h14,16H,5-13H2,1-4H3. The Morgan fingerprint density at radius 1 is 0.938 bits per heavy atom. The molecule has 0 bridgehead atoms. The van der Waals surface area contributed by atoms with Gasteiger partial charge in [0.25, 0.3) is 0 Å². The fourth-order valence-corrected chi connectivity index (χ4v) is 2.18. The Morgan fingerprint density at radius 2 is 1.56 bits per heavy atom. The van der Waals surface area contributed by atoms with E-state index in [1.54, 1.807) is 0 Å². The Bertz CT molecular complexity index is 152. The Kier molecular flexibility index (Phi) is 9.02. The molecule has 0 heterocycles. The van der Waals surface area contributed by atoms with Gasteiger partial charge in [0.2, 0.25) is 0 Å². The summed E-state index contributed by atoms with van der Waals surface area (Å²) in [5.41, 5.74) is 0.473. The van der Waals surface area contributed by atoms with Crippen LogP contribution in [-0.4, -0.2) is 11.2 Å². The Hall–Kier alpha value is -0.0400. The first-order valence-electron chi connectivity index (χ1n) is 7.20. The van der Waals surface area contributed by atoms with Gasteiger partial charge in [0, 0.05) is 0 Å². The molecule has 0 spiro atoms. The first-order valence-corrected chi connectivity index (χ1v) is 7.20. The van der Waals surface area contributed by atoms with Crippen molar-refractivity contribution in [2.45, 2.75) is 91.6 Å². The van der Waals surface area contributed by atoms with E-state index in [1.807, 2.05) is 0 Å². The molecule has 0 aliphatic rings. The predicted octanol–water partition coefficient (Wildman–Crippen LogP) is 4.92. The quantitative estimate of drug-likeness (QED) is 0.526. The van der Waals surface area contributed by atoms with Crippen LogP contribution < -0.4 is 0 Å². The molecule has 0 saturated heterocycles. The van der Waals surface area contributed by atoms with Gasteiger partial charge in [-0.05, 0) is 31.1 Å². The molecule has 0 aliphatic carbocycles. The second kappa shape index (κ2) is 9.04. The number of rotatable bonds is 10. The third-order valence-corrected chi connectivity index (χ3v) is 3.57. The molecule has 0 aromatic heterocycles. The smallest absolute Gasteiger partial charge is 0.0537 e. The molecule has 1 atom stereocenters. The van der Waals surface area contributed by atoms with Crippen molar-refractivity contribution >= 4 is 0 Å². The summed E-state index contributed by atoms with van der Waals surface area (Å²) in [4.78, 5) is 0. The summed E-state index contributed by atoms with van der Waals surface area (Å²) in [5.74, 6) is 0. The molecule has 0 rings (SSSR count). The number of aliphatic hydroxyl groups is 1. The van der Waals surface area contributed by atoms with E-state index in [9.17, 15) is 5.11 Å². The molecular formula is C15H32O. The highest BCUT2D eigenvalue weighted by atomic mass is 16.3. The average Bonchev–Trinajstić information content (AvgIpc) is 2.24. The van der Waals surface area contributed by atoms with Crippen molar-refractivity contribution in [1.29, 1.82) is 0 Å². The van der Waals surface area contributed by atoms with Crippen LogP contribution in [0.3, 0.4) is 0 Å². The normalized spacial score (nSPS) is 14.1. The van der Waals surface area contributed by atoms with Gasteiger partial charge in [-0.25, -0.2) is 0 Å². The van der Waals surface area contributed by atoms with Crippen molar-refractivity contribution in [2.75, 3.05) is 0 Å². The summed E-state index contributed by atoms with van der Waals surface area (Å²) < 4.78 is 0. The van der Waals surface area contributed by atoms with Gasteiger partial charge < -0.3 is 5.11 Å². The van der Waals surface area contributed by atoms with Crippen LogP contribution in [-0.2, 0) is 0 Å². The minimum absolute atomic E-state index is 0.0732. The van der Waals surface area contributed by atoms with E-state index in [0.29, 0.717) is 5.41 Å². The van der Waals surface area contributed by atoms with Crippen LogP contribution in [0.15, 0.2) is 0 Å². The van der Waals surface area contributed by atoms with E-state index in [0.717, 1.165) is 12.8 Å². The van der Waals surface area contributed by atoms with Crippen molar-refractivity contribution < 1.29 is 5.11 Å². The van der Waals surface area contributed by atoms with Gasteiger partial charge in [-0.2, -0.15) is 0 Å². The third-order valence-electron chi connectivity index (χ3n) is 3.57. The molecule has 1 heteroatoms. The minimum atomic E-state index is -0.0732. The average molecular weight is 228 g/mol. The second-order valence-corrected chi connectivity index (χ2v) is 5.93. The second-order valence-electron chi connectivity index (χ2n) is 5.93. The lowest BCUT2D eigenvalue weighted by molar-refractivity contribution is 0.149. The zero-order valence-electron chi connectivity index (χ0n) is 11.9. The maximum Gasteiger partial charge on any atom is 0.0537 e. The van der Waals surface area contributed by atoms with Gasteiger partial charge in [-0.15, -0.1) is 0 Å². The largest absolute Gasteiger partial charge is 0.393 e. The Balaban J connectivity index is 3.53. The lowest BCUT2D eigenvalue weighted by Gasteiger charge is -2.25. The van der Waals surface area contributed by atoms with Crippen molar-refractivity contribution in [2.24, 2.45) is 5.41 Å². The summed E-state index contributed by atoms with van der Waals surface area (Å²) in [7, 11) is 0. The molecule has 0 aromatic carbocycles. The van der Waals surface area contributed by atoms with Gasteiger partial charge in [-0.1, -0.05) is 59.8 Å². The van der Waals surface area contributed by atoms with Crippen LogP contribution >= 0.6 is 0 Å². The molecule has 0 radical (unpaired) electrons. The molecule has 0 aliphatic heterocycles. The molecule has 1 nitrogen and oxygen atoms in total. The number of hydrogen-bond acceptors (Lipinski definition) is 1. The summed E-state index contributed by atoms with van der Waals surface area (Å²) in [6, 6.07) is 0. The van der Waals surface area contributed by atoms with Crippen molar-refractivity contribution in [3.63, 3.8) is 0 Å². The topological polar surface area (TPSA) is 20.2 Å². The predicted molar refractivity (Wildman–Crippen MR) is 72.7 cm³/mol. The van der Waals surface area contributed by atoms with Crippen LogP contribution in [0.25, 0.3) is 0 Å². The minimum Gasteiger partial charge on any atom is -0.393 e. The molecule has 0 fully saturated rings. The molecule has 0 amide bonds. The van der Waals surface area contributed by atoms with Gasteiger partial charge in [0.05, 0.1) is 6.10 Å². The summed E-state index contributed by atoms with van der Waals surface area (Å²) in [6.45, 7) is 9.06. The van der Waals surface area contributed by atoms with E-state index < -0.39 is 0 Å². The highest BCUT2D eigenvalue weighted by molar-refractivity contribution is 4.69. The highest BCUT2D eigenvalue weighted by Gasteiger charge is 2.17. The lowest BCUT2D eigenvalue weighted by Crippen LogP contribution is -2.13. The first-order chi connectivity index (χ1) is 7.52. The van der Waals surface area contributed by atoms with E-state index in [1.165, 1.54) is 44.9 Å². The van der Waals surface area contributed by atoms with Gasteiger partial charge >= 0.3 is 0 Å². The fourth-order valence-electron chi connectivity index (χ4n) is 2.18. The maximum absolute atomic E-state index is 9.50. The van der Waals surface area contributed by atoms with Crippen LogP contribution in [0.2, 0.25) is 0 Å². The van der Waals surface area contributed by atoms with E-state index in [2.05, 4.69) is 27.7 Å². The molecule has 0 aromatic rings. The van der Waals surface area contributed by atoms with E-state index in [-0.39, 0.29) is 6.10 Å². The fraction of sp³-hybridized carbons (Fsp3) is 1.00.